The fourth-order valence-corrected chi connectivity index (χ4v) is 4.49. The number of halogens is 2. The molecule has 0 aliphatic carbocycles. The lowest BCUT2D eigenvalue weighted by molar-refractivity contribution is 0.116. The Bertz CT molecular complexity index is 1110. The van der Waals surface area contributed by atoms with Gasteiger partial charge in [-0.1, -0.05) is 24.3 Å². The summed E-state index contributed by atoms with van der Waals surface area (Å²) in [5.41, 5.74) is 3.16. The first-order chi connectivity index (χ1) is 15.4. The summed E-state index contributed by atoms with van der Waals surface area (Å²) in [6.45, 7) is 3.18. The third-order valence-electron chi connectivity index (χ3n) is 5.16. The molecule has 1 aliphatic rings. The third-order valence-corrected chi connectivity index (χ3v) is 6.44. The second-order valence-electron chi connectivity index (χ2n) is 7.49. The molecule has 0 radical (unpaired) electrons. The van der Waals surface area contributed by atoms with Crippen molar-refractivity contribution in [3.05, 3.63) is 65.5 Å². The van der Waals surface area contributed by atoms with Crippen LogP contribution in [0.3, 0.4) is 0 Å². The van der Waals surface area contributed by atoms with E-state index in [0.717, 1.165) is 16.8 Å². The van der Waals surface area contributed by atoms with E-state index < -0.39 is 23.1 Å². The number of nitrogens with zero attached hydrogens (tertiary/aromatic N) is 4. The SMILES string of the molecule is Cc1cccc(N(Cc2ccc(-c3nnc(C(F)F)o3)cc2)C(=O)N2CCS(=O)CC2)c1. The number of hydrogen-bond donors (Lipinski definition) is 0. The summed E-state index contributed by atoms with van der Waals surface area (Å²) in [5, 5.41) is 7.00. The highest BCUT2D eigenvalue weighted by atomic mass is 32.2. The van der Waals surface area contributed by atoms with Gasteiger partial charge in [-0.2, -0.15) is 8.78 Å². The number of rotatable bonds is 5. The molecule has 2 amide bonds. The maximum atomic E-state index is 13.3. The number of anilines is 1. The van der Waals surface area contributed by atoms with Crippen molar-refractivity contribution in [2.75, 3.05) is 29.5 Å². The number of amides is 2. The lowest BCUT2D eigenvalue weighted by Gasteiger charge is -2.33. The van der Waals surface area contributed by atoms with Gasteiger partial charge in [-0.25, -0.2) is 4.79 Å². The van der Waals surface area contributed by atoms with Crippen LogP contribution in [0, 0.1) is 6.92 Å². The van der Waals surface area contributed by atoms with E-state index in [9.17, 15) is 17.8 Å². The van der Waals surface area contributed by atoms with Gasteiger partial charge in [0.25, 0.3) is 5.89 Å². The van der Waals surface area contributed by atoms with Crippen molar-refractivity contribution in [1.82, 2.24) is 15.1 Å². The average molecular weight is 461 g/mol. The van der Waals surface area contributed by atoms with E-state index in [1.165, 1.54) is 0 Å². The standard InChI is InChI=1S/C22H22F2N4O3S/c1-15-3-2-4-18(13-15)28(22(29)27-9-11-32(30)12-10-27)14-16-5-7-17(8-6-16)20-25-26-21(31-20)19(23)24/h2-8,13,19H,9-12,14H2,1H3. The highest BCUT2D eigenvalue weighted by molar-refractivity contribution is 7.85. The van der Waals surface area contributed by atoms with Crippen LogP contribution in [0.15, 0.2) is 52.9 Å². The Balaban J connectivity index is 1.56. The Hall–Kier alpha value is -3.14. The van der Waals surface area contributed by atoms with E-state index in [0.29, 0.717) is 36.7 Å². The maximum absolute atomic E-state index is 13.3. The van der Waals surface area contributed by atoms with Crippen molar-refractivity contribution in [2.24, 2.45) is 0 Å². The third kappa shape index (κ3) is 5.01. The molecule has 1 fully saturated rings. The Kier molecular flexibility index (Phi) is 6.59. The van der Waals surface area contributed by atoms with E-state index in [1.54, 1.807) is 34.1 Å². The monoisotopic (exact) mass is 460 g/mol. The van der Waals surface area contributed by atoms with Gasteiger partial charge in [-0.3, -0.25) is 9.11 Å². The van der Waals surface area contributed by atoms with E-state index in [-0.39, 0.29) is 11.9 Å². The van der Waals surface area contributed by atoms with Crippen molar-refractivity contribution in [1.29, 1.82) is 0 Å². The molecule has 1 saturated heterocycles. The van der Waals surface area contributed by atoms with Crippen LogP contribution >= 0.6 is 0 Å². The first-order valence-corrected chi connectivity index (χ1v) is 11.6. The Labute approximate surface area is 186 Å². The number of carbonyl (C=O) groups excluding carboxylic acids is 1. The number of aryl methyl sites for hydroxylation is 1. The Morgan fingerprint density at radius 2 is 1.88 bits per heavy atom. The molecule has 0 atom stereocenters. The number of benzene rings is 2. The fourth-order valence-electron chi connectivity index (χ4n) is 3.44. The summed E-state index contributed by atoms with van der Waals surface area (Å²) in [6.07, 6.45) is -2.82. The largest absolute Gasteiger partial charge is 0.415 e. The van der Waals surface area contributed by atoms with E-state index in [4.69, 9.17) is 4.42 Å². The van der Waals surface area contributed by atoms with Gasteiger partial charge < -0.3 is 9.32 Å². The van der Waals surface area contributed by atoms with Gasteiger partial charge in [0.2, 0.25) is 5.89 Å². The zero-order valence-corrected chi connectivity index (χ0v) is 18.2. The summed E-state index contributed by atoms with van der Waals surface area (Å²) >= 11 is 0. The summed E-state index contributed by atoms with van der Waals surface area (Å²) in [4.78, 5) is 16.7. The molecule has 1 aliphatic heterocycles. The molecule has 0 N–H and O–H groups in total. The van der Waals surface area contributed by atoms with Crippen LogP contribution in [0.2, 0.25) is 0 Å². The average Bonchev–Trinajstić information content (AvgIpc) is 3.29. The molecular formula is C22H22F2N4O3S. The van der Waals surface area contributed by atoms with E-state index in [2.05, 4.69) is 10.2 Å². The number of alkyl halides is 2. The minimum absolute atomic E-state index is 0.0137. The first-order valence-electron chi connectivity index (χ1n) is 10.1. The molecule has 3 aromatic rings. The van der Waals surface area contributed by atoms with Gasteiger partial charge in [-0.05, 0) is 42.3 Å². The first kappa shape index (κ1) is 22.1. The second-order valence-corrected chi connectivity index (χ2v) is 9.18. The molecule has 0 unspecified atom stereocenters. The Morgan fingerprint density at radius 1 is 1.16 bits per heavy atom. The summed E-state index contributed by atoms with van der Waals surface area (Å²) in [5.74, 6) is 0.252. The molecule has 0 bridgehead atoms. The molecule has 0 saturated carbocycles. The van der Waals surface area contributed by atoms with Gasteiger partial charge in [0.05, 0.1) is 6.54 Å². The normalized spacial score (nSPS) is 14.7. The maximum Gasteiger partial charge on any atom is 0.324 e. The van der Waals surface area contributed by atoms with Crippen LogP contribution in [0.5, 0.6) is 0 Å². The van der Waals surface area contributed by atoms with Gasteiger partial charge >= 0.3 is 12.5 Å². The number of aromatic nitrogens is 2. The van der Waals surface area contributed by atoms with Crippen molar-refractivity contribution < 1.29 is 22.2 Å². The molecule has 4 rings (SSSR count). The van der Waals surface area contributed by atoms with E-state index in [1.807, 2.05) is 31.2 Å². The van der Waals surface area contributed by atoms with Crippen LogP contribution in [0.25, 0.3) is 11.5 Å². The number of hydrogen-bond acceptors (Lipinski definition) is 5. The quantitative estimate of drug-likeness (QED) is 0.571. The minimum Gasteiger partial charge on any atom is -0.415 e. The van der Waals surface area contributed by atoms with Crippen molar-refractivity contribution >= 4 is 22.5 Å². The zero-order valence-electron chi connectivity index (χ0n) is 17.4. The predicted octanol–water partition coefficient (Wildman–Crippen LogP) is 4.17. The van der Waals surface area contributed by atoms with Crippen LogP contribution < -0.4 is 4.90 Å². The molecule has 2 heterocycles. The van der Waals surface area contributed by atoms with Gasteiger partial charge in [-0.15, -0.1) is 10.2 Å². The Morgan fingerprint density at radius 3 is 2.50 bits per heavy atom. The van der Waals surface area contributed by atoms with Crippen LogP contribution in [-0.4, -0.2) is 49.9 Å². The summed E-state index contributed by atoms with van der Waals surface area (Å²) in [6, 6.07) is 14.5. The van der Waals surface area contributed by atoms with Crippen molar-refractivity contribution in [3.8, 4) is 11.5 Å². The molecule has 0 spiro atoms. The molecule has 2 aromatic carbocycles. The summed E-state index contributed by atoms with van der Waals surface area (Å²) < 4.78 is 42.1. The van der Waals surface area contributed by atoms with Gasteiger partial charge in [0.15, 0.2) is 0 Å². The fraction of sp³-hybridized carbons (Fsp3) is 0.318. The smallest absolute Gasteiger partial charge is 0.324 e. The van der Waals surface area contributed by atoms with Crippen molar-refractivity contribution in [3.63, 3.8) is 0 Å². The molecular weight excluding hydrogens is 438 g/mol. The highest BCUT2D eigenvalue weighted by Gasteiger charge is 2.26. The van der Waals surface area contributed by atoms with Gasteiger partial charge in [0, 0.05) is 46.6 Å². The lowest BCUT2D eigenvalue weighted by atomic mass is 10.1. The van der Waals surface area contributed by atoms with Crippen LogP contribution in [0.4, 0.5) is 19.3 Å². The molecule has 1 aromatic heterocycles. The van der Waals surface area contributed by atoms with Crippen molar-refractivity contribution in [2.45, 2.75) is 19.9 Å². The number of carbonyl (C=O) groups is 1. The molecule has 168 valence electrons. The highest BCUT2D eigenvalue weighted by Crippen LogP contribution is 2.25. The second kappa shape index (κ2) is 9.56. The van der Waals surface area contributed by atoms with Gasteiger partial charge in [0.1, 0.15) is 0 Å². The molecule has 7 nitrogen and oxygen atoms in total. The minimum atomic E-state index is -2.82. The predicted molar refractivity (Wildman–Crippen MR) is 117 cm³/mol. The zero-order chi connectivity index (χ0) is 22.7. The molecule has 32 heavy (non-hydrogen) atoms. The molecule has 10 heteroatoms. The van der Waals surface area contributed by atoms with Crippen LogP contribution in [0.1, 0.15) is 23.4 Å². The number of urea groups is 1. The lowest BCUT2D eigenvalue weighted by Crippen LogP contribution is -2.48. The topological polar surface area (TPSA) is 79.5 Å². The van der Waals surface area contributed by atoms with E-state index >= 15 is 0 Å². The summed E-state index contributed by atoms with van der Waals surface area (Å²) in [7, 11) is -0.878. The van der Waals surface area contributed by atoms with Crippen LogP contribution in [-0.2, 0) is 17.3 Å².